The van der Waals surface area contributed by atoms with Gasteiger partial charge in [0.25, 0.3) is 0 Å². The molecule has 0 unspecified atom stereocenters. The highest BCUT2D eigenvalue weighted by Gasteiger charge is 2.45. The number of ether oxygens (including phenoxy) is 2. The molecule has 13 nitrogen and oxygen atoms in total. The van der Waals surface area contributed by atoms with E-state index in [2.05, 4.69) is 38.0 Å². The van der Waals surface area contributed by atoms with Crippen LogP contribution in [0.15, 0.2) is 60.8 Å². The van der Waals surface area contributed by atoms with Crippen LogP contribution in [0.3, 0.4) is 0 Å². The molecule has 0 radical (unpaired) electrons. The number of nitrogens with zero attached hydrogens (tertiary/aromatic N) is 5. The van der Waals surface area contributed by atoms with Crippen molar-refractivity contribution in [3.63, 3.8) is 0 Å². The van der Waals surface area contributed by atoms with Crippen LogP contribution in [0.4, 0.5) is 0 Å². The van der Waals surface area contributed by atoms with Crippen LogP contribution >= 0.6 is 0 Å². The summed E-state index contributed by atoms with van der Waals surface area (Å²) >= 11 is 0. The van der Waals surface area contributed by atoms with E-state index in [4.69, 9.17) is 9.47 Å². The molecule has 3 N–H and O–H groups in total. The molecule has 13 heteroatoms. The maximum absolute atomic E-state index is 14.2. The van der Waals surface area contributed by atoms with Crippen molar-refractivity contribution in [1.29, 1.82) is 0 Å². The average Bonchev–Trinajstić information content (AvgIpc) is 3.72. The predicted octanol–water partition coefficient (Wildman–Crippen LogP) is 1.50. The van der Waals surface area contributed by atoms with Gasteiger partial charge in [0.1, 0.15) is 24.1 Å². The summed E-state index contributed by atoms with van der Waals surface area (Å²) in [5, 5.41) is 24.6. The van der Waals surface area contributed by atoms with Crippen molar-refractivity contribution in [3.8, 4) is 17.0 Å². The zero-order chi connectivity index (χ0) is 31.9. The van der Waals surface area contributed by atoms with E-state index >= 15 is 0 Å². The van der Waals surface area contributed by atoms with Gasteiger partial charge in [0.2, 0.25) is 17.7 Å². The molecule has 0 saturated carbocycles. The van der Waals surface area contributed by atoms with E-state index in [9.17, 15) is 19.5 Å². The number of hydrogen-bond donors (Lipinski definition) is 3. The molecule has 2 atom stereocenters. The third-order valence-corrected chi connectivity index (χ3v) is 9.04. The SMILES string of the molecule is O=C1COCCOCCNC(=O)[C@@H]2C[C@H](n3cc(-c4cccc(O)c4)nn3)CN2C(=O)CC2(CCN(Cc3ccccc3)CC2)N1. The molecule has 6 rings (SSSR count). The fraction of sp³-hybridized carbons (Fsp3) is 0.485. The van der Waals surface area contributed by atoms with Crippen molar-refractivity contribution in [1.82, 2.24) is 35.4 Å². The van der Waals surface area contributed by atoms with Crippen LogP contribution in [0.1, 0.15) is 37.3 Å². The Morgan fingerprint density at radius 3 is 2.59 bits per heavy atom. The third kappa shape index (κ3) is 7.72. The van der Waals surface area contributed by atoms with E-state index in [0.717, 1.165) is 6.54 Å². The largest absolute Gasteiger partial charge is 0.508 e. The van der Waals surface area contributed by atoms with Crippen molar-refractivity contribution < 1.29 is 29.0 Å². The van der Waals surface area contributed by atoms with Gasteiger partial charge in [-0.3, -0.25) is 19.3 Å². The monoisotopic (exact) mass is 631 g/mol. The zero-order valence-electron chi connectivity index (χ0n) is 25.8. The van der Waals surface area contributed by atoms with Crippen LogP contribution in [0, 0.1) is 0 Å². The van der Waals surface area contributed by atoms with Crippen LogP contribution in [0.2, 0.25) is 0 Å². The summed E-state index contributed by atoms with van der Waals surface area (Å²) in [6, 6.07) is 16.0. The molecule has 3 aliphatic rings. The number of rotatable bonds is 4. The number of hydrogen-bond acceptors (Lipinski definition) is 9. The summed E-state index contributed by atoms with van der Waals surface area (Å²) in [7, 11) is 0. The Bertz CT molecular complexity index is 1510. The smallest absolute Gasteiger partial charge is 0.246 e. The Morgan fingerprint density at radius 1 is 0.978 bits per heavy atom. The normalized spacial score (nSPS) is 23.6. The van der Waals surface area contributed by atoms with Crippen molar-refractivity contribution in [2.75, 3.05) is 52.6 Å². The number of nitrogens with one attached hydrogen (secondary N) is 2. The molecular formula is C33H41N7O6. The van der Waals surface area contributed by atoms with Gasteiger partial charge in [-0.2, -0.15) is 0 Å². The molecule has 1 aromatic heterocycles. The Labute approximate surface area is 267 Å². The number of phenolic OH excluding ortho intramolecular Hbond substituents is 1. The first kappa shape index (κ1) is 31.6. The lowest BCUT2D eigenvalue weighted by Crippen LogP contribution is -2.58. The maximum Gasteiger partial charge on any atom is 0.246 e. The Hall–Kier alpha value is -4.33. The number of aromatic hydroxyl groups is 1. The summed E-state index contributed by atoms with van der Waals surface area (Å²) in [4.78, 5) is 44.7. The molecule has 4 heterocycles. The third-order valence-electron chi connectivity index (χ3n) is 9.04. The molecule has 0 aliphatic carbocycles. The van der Waals surface area contributed by atoms with Crippen molar-refractivity contribution in [2.45, 2.75) is 49.9 Å². The standard InChI is InChI=1S/C33H41N7O6/c41-27-8-4-7-25(17-27)28-22-40(37-36-28)26-18-29-32(44)34-11-14-45-15-16-46-23-30(42)35-33(19-31(43)39(29)21-26)9-12-38(13-10-33)20-24-5-2-1-3-6-24/h1-8,17,22,26,29,41H,9-16,18-21,23H2,(H,34,44)(H,35,42)/t26-,29-/m0/s1. The van der Waals surface area contributed by atoms with Crippen molar-refractivity contribution >= 4 is 17.7 Å². The minimum Gasteiger partial charge on any atom is -0.508 e. The van der Waals surface area contributed by atoms with Crippen LogP contribution in [-0.4, -0.2) is 112 Å². The van der Waals surface area contributed by atoms with Gasteiger partial charge in [-0.25, -0.2) is 4.68 Å². The second-order valence-corrected chi connectivity index (χ2v) is 12.3. The number of aromatic nitrogens is 3. The quantitative estimate of drug-likeness (QED) is 0.389. The van der Waals surface area contributed by atoms with Gasteiger partial charge >= 0.3 is 0 Å². The molecule has 3 amide bonds. The van der Waals surface area contributed by atoms with Gasteiger partial charge < -0.3 is 30.1 Å². The number of amides is 3. The number of carbonyl (C=O) groups is 3. The first-order valence-corrected chi connectivity index (χ1v) is 15.9. The molecule has 46 heavy (non-hydrogen) atoms. The number of benzene rings is 2. The molecule has 2 aromatic carbocycles. The van der Waals surface area contributed by atoms with Gasteiger partial charge in [-0.05, 0) is 30.5 Å². The summed E-state index contributed by atoms with van der Waals surface area (Å²) in [5.41, 5.74) is 1.73. The van der Waals surface area contributed by atoms with Gasteiger partial charge in [0.05, 0.1) is 44.0 Å². The number of likely N-dealkylation sites (tertiary alicyclic amines) is 1. The molecule has 3 aromatic rings. The number of phenols is 1. The first-order valence-electron chi connectivity index (χ1n) is 15.9. The van der Waals surface area contributed by atoms with Crippen molar-refractivity contribution in [2.24, 2.45) is 0 Å². The fourth-order valence-electron chi connectivity index (χ4n) is 6.58. The number of piperidine rings is 1. The second-order valence-electron chi connectivity index (χ2n) is 12.3. The second kappa shape index (κ2) is 14.4. The zero-order valence-corrected chi connectivity index (χ0v) is 25.8. The van der Waals surface area contributed by atoms with E-state index in [1.807, 2.05) is 24.3 Å². The molecule has 0 bridgehead atoms. The molecule has 3 saturated heterocycles. The lowest BCUT2D eigenvalue weighted by Gasteiger charge is -2.43. The summed E-state index contributed by atoms with van der Waals surface area (Å²) in [6.07, 6.45) is 3.38. The van der Waals surface area contributed by atoms with Crippen LogP contribution < -0.4 is 10.6 Å². The highest BCUT2D eigenvalue weighted by Crippen LogP contribution is 2.33. The van der Waals surface area contributed by atoms with Crippen molar-refractivity contribution in [3.05, 3.63) is 66.4 Å². The lowest BCUT2D eigenvalue weighted by molar-refractivity contribution is -0.141. The molecule has 1 spiro atoms. The lowest BCUT2D eigenvalue weighted by atomic mass is 9.83. The summed E-state index contributed by atoms with van der Waals surface area (Å²) < 4.78 is 12.8. The van der Waals surface area contributed by atoms with Gasteiger partial charge in [-0.15, -0.1) is 5.10 Å². The fourth-order valence-corrected chi connectivity index (χ4v) is 6.58. The molecular weight excluding hydrogens is 590 g/mol. The Balaban J connectivity index is 1.21. The first-order chi connectivity index (χ1) is 22.4. The van der Waals surface area contributed by atoms with E-state index in [1.165, 1.54) is 5.56 Å². The van der Waals surface area contributed by atoms with E-state index in [1.54, 1.807) is 34.0 Å². The van der Waals surface area contributed by atoms with Gasteiger partial charge in [0.15, 0.2) is 0 Å². The van der Waals surface area contributed by atoms with E-state index in [-0.39, 0.29) is 68.8 Å². The van der Waals surface area contributed by atoms with E-state index in [0.29, 0.717) is 50.2 Å². The van der Waals surface area contributed by atoms with Crippen LogP contribution in [-0.2, 0) is 30.4 Å². The summed E-state index contributed by atoms with van der Waals surface area (Å²) in [6.45, 7) is 3.47. The van der Waals surface area contributed by atoms with Gasteiger partial charge in [-0.1, -0.05) is 47.7 Å². The number of fused-ring (bicyclic) bond motifs is 1. The molecule has 3 aliphatic heterocycles. The average molecular weight is 632 g/mol. The highest BCUT2D eigenvalue weighted by atomic mass is 16.5. The minimum absolute atomic E-state index is 0.0728. The van der Waals surface area contributed by atoms with Gasteiger partial charge in [0, 0.05) is 44.7 Å². The van der Waals surface area contributed by atoms with E-state index < -0.39 is 11.6 Å². The maximum atomic E-state index is 14.2. The summed E-state index contributed by atoms with van der Waals surface area (Å²) in [5.74, 6) is -0.602. The van der Waals surface area contributed by atoms with Crippen LogP contribution in [0.25, 0.3) is 11.3 Å². The highest BCUT2D eigenvalue weighted by molar-refractivity contribution is 5.89. The molecule has 244 valence electrons. The minimum atomic E-state index is -0.771. The topological polar surface area (TPSA) is 151 Å². The van der Waals surface area contributed by atoms with Crippen LogP contribution in [0.5, 0.6) is 5.75 Å². The number of carbonyl (C=O) groups excluding carboxylic acids is 3. The Morgan fingerprint density at radius 2 is 1.78 bits per heavy atom. The molecule has 3 fully saturated rings. The predicted molar refractivity (Wildman–Crippen MR) is 167 cm³/mol. The Kier molecular flexibility index (Phi) is 9.91.